The molecule has 1 heterocycles. The standard InChI is InChI=1S/C15H16N4O/c1-10(16)15-13(8-5-9-14(15)20-2)19-12-7-4-3-6-11(12)17-18-19/h3-10H,16H2,1-2H3. The minimum Gasteiger partial charge on any atom is -0.496 e. The lowest BCUT2D eigenvalue weighted by molar-refractivity contribution is 0.406. The van der Waals surface area contributed by atoms with Gasteiger partial charge in [0.2, 0.25) is 0 Å². The average Bonchev–Trinajstić information content (AvgIpc) is 2.90. The molecule has 5 heteroatoms. The zero-order valence-corrected chi connectivity index (χ0v) is 11.4. The number of nitrogens with two attached hydrogens (primary N) is 1. The number of nitrogens with zero attached hydrogens (tertiary/aromatic N) is 3. The summed E-state index contributed by atoms with van der Waals surface area (Å²) in [5, 5.41) is 8.42. The van der Waals surface area contributed by atoms with Crippen molar-refractivity contribution >= 4 is 11.0 Å². The van der Waals surface area contributed by atoms with Gasteiger partial charge in [-0.1, -0.05) is 23.4 Å². The largest absolute Gasteiger partial charge is 0.496 e. The van der Waals surface area contributed by atoms with Crippen LogP contribution in [0.4, 0.5) is 0 Å². The van der Waals surface area contributed by atoms with Gasteiger partial charge in [0.15, 0.2) is 0 Å². The van der Waals surface area contributed by atoms with Crippen molar-refractivity contribution in [1.82, 2.24) is 15.0 Å². The first-order valence-corrected chi connectivity index (χ1v) is 6.45. The number of methoxy groups -OCH3 is 1. The summed E-state index contributed by atoms with van der Waals surface area (Å²) in [6.07, 6.45) is 0. The second-order valence-corrected chi connectivity index (χ2v) is 4.67. The predicted octanol–water partition coefficient (Wildman–Crippen LogP) is 2.45. The third kappa shape index (κ3) is 1.92. The van der Waals surface area contributed by atoms with Gasteiger partial charge in [-0.15, -0.1) is 5.10 Å². The van der Waals surface area contributed by atoms with Crippen molar-refractivity contribution in [3.8, 4) is 11.4 Å². The molecule has 0 saturated heterocycles. The minimum atomic E-state index is -0.163. The zero-order valence-electron chi connectivity index (χ0n) is 11.4. The molecule has 2 aromatic carbocycles. The fourth-order valence-electron chi connectivity index (χ4n) is 2.40. The molecule has 2 N–H and O–H groups in total. The van der Waals surface area contributed by atoms with Crippen molar-refractivity contribution < 1.29 is 4.74 Å². The second kappa shape index (κ2) is 4.94. The van der Waals surface area contributed by atoms with E-state index in [1.165, 1.54) is 0 Å². The molecule has 0 spiro atoms. The lowest BCUT2D eigenvalue weighted by Crippen LogP contribution is -2.12. The Morgan fingerprint density at radius 1 is 1.15 bits per heavy atom. The maximum absolute atomic E-state index is 6.10. The number of benzene rings is 2. The van der Waals surface area contributed by atoms with Gasteiger partial charge in [-0.3, -0.25) is 0 Å². The van der Waals surface area contributed by atoms with Gasteiger partial charge < -0.3 is 10.5 Å². The summed E-state index contributed by atoms with van der Waals surface area (Å²) in [7, 11) is 1.64. The van der Waals surface area contributed by atoms with Crippen molar-refractivity contribution in [2.75, 3.05) is 7.11 Å². The van der Waals surface area contributed by atoms with Crippen LogP contribution in [0, 0.1) is 0 Å². The van der Waals surface area contributed by atoms with Crippen LogP contribution in [0.25, 0.3) is 16.7 Å². The zero-order chi connectivity index (χ0) is 14.1. The molecule has 0 aliphatic rings. The highest BCUT2D eigenvalue weighted by atomic mass is 16.5. The fourth-order valence-corrected chi connectivity index (χ4v) is 2.40. The summed E-state index contributed by atoms with van der Waals surface area (Å²) in [5.74, 6) is 0.761. The quantitative estimate of drug-likeness (QED) is 0.792. The molecule has 5 nitrogen and oxygen atoms in total. The van der Waals surface area contributed by atoms with Gasteiger partial charge in [-0.25, -0.2) is 4.68 Å². The lowest BCUT2D eigenvalue weighted by Gasteiger charge is -2.16. The van der Waals surface area contributed by atoms with Gasteiger partial charge >= 0.3 is 0 Å². The summed E-state index contributed by atoms with van der Waals surface area (Å²) in [5.41, 5.74) is 9.72. The molecule has 0 aliphatic heterocycles. The third-order valence-electron chi connectivity index (χ3n) is 3.30. The van der Waals surface area contributed by atoms with Crippen molar-refractivity contribution in [3.05, 3.63) is 48.0 Å². The molecule has 102 valence electrons. The van der Waals surface area contributed by atoms with E-state index in [-0.39, 0.29) is 6.04 Å². The van der Waals surface area contributed by atoms with E-state index in [0.29, 0.717) is 0 Å². The van der Waals surface area contributed by atoms with Crippen LogP contribution in [-0.2, 0) is 0 Å². The molecule has 0 radical (unpaired) electrons. The highest BCUT2D eigenvalue weighted by Crippen LogP contribution is 2.30. The van der Waals surface area contributed by atoms with E-state index in [2.05, 4.69) is 10.3 Å². The summed E-state index contributed by atoms with van der Waals surface area (Å²) in [6, 6.07) is 13.5. The summed E-state index contributed by atoms with van der Waals surface area (Å²) < 4.78 is 7.22. The van der Waals surface area contributed by atoms with Crippen LogP contribution < -0.4 is 10.5 Å². The summed E-state index contributed by atoms with van der Waals surface area (Å²) in [6.45, 7) is 1.93. The maximum atomic E-state index is 6.10. The third-order valence-corrected chi connectivity index (χ3v) is 3.30. The van der Waals surface area contributed by atoms with Crippen LogP contribution in [0.15, 0.2) is 42.5 Å². The molecule has 1 aromatic heterocycles. The molecule has 3 rings (SSSR count). The summed E-state index contributed by atoms with van der Waals surface area (Å²) in [4.78, 5) is 0. The van der Waals surface area contributed by atoms with Crippen LogP contribution in [0.2, 0.25) is 0 Å². The number of aromatic nitrogens is 3. The topological polar surface area (TPSA) is 66.0 Å². The highest BCUT2D eigenvalue weighted by molar-refractivity contribution is 5.76. The van der Waals surface area contributed by atoms with Gasteiger partial charge in [0.25, 0.3) is 0 Å². The van der Waals surface area contributed by atoms with E-state index in [1.54, 1.807) is 11.8 Å². The maximum Gasteiger partial charge on any atom is 0.125 e. The normalized spacial score (nSPS) is 12.6. The Labute approximate surface area is 117 Å². The van der Waals surface area contributed by atoms with Crippen LogP contribution in [0.1, 0.15) is 18.5 Å². The minimum absolute atomic E-state index is 0.163. The molecular weight excluding hydrogens is 252 g/mol. The Balaban J connectivity index is 2.29. The van der Waals surface area contributed by atoms with Gasteiger partial charge in [-0.05, 0) is 31.2 Å². The molecule has 0 fully saturated rings. The molecule has 20 heavy (non-hydrogen) atoms. The van der Waals surface area contributed by atoms with E-state index in [0.717, 1.165) is 28.0 Å². The molecule has 1 unspecified atom stereocenters. The second-order valence-electron chi connectivity index (χ2n) is 4.67. The van der Waals surface area contributed by atoms with Gasteiger partial charge in [0.05, 0.1) is 18.3 Å². The molecule has 3 aromatic rings. The van der Waals surface area contributed by atoms with E-state index in [4.69, 9.17) is 10.5 Å². The molecule has 1 atom stereocenters. The van der Waals surface area contributed by atoms with E-state index in [9.17, 15) is 0 Å². The van der Waals surface area contributed by atoms with E-state index < -0.39 is 0 Å². The van der Waals surface area contributed by atoms with Gasteiger partial charge in [0, 0.05) is 11.6 Å². The Bertz CT molecular complexity index is 748. The predicted molar refractivity (Wildman–Crippen MR) is 78.0 cm³/mol. The number of hydrogen-bond acceptors (Lipinski definition) is 4. The Morgan fingerprint density at radius 2 is 1.95 bits per heavy atom. The smallest absolute Gasteiger partial charge is 0.125 e. The highest BCUT2D eigenvalue weighted by Gasteiger charge is 2.16. The summed E-state index contributed by atoms with van der Waals surface area (Å²) >= 11 is 0. The molecular formula is C15H16N4O. The lowest BCUT2D eigenvalue weighted by atomic mass is 10.1. The van der Waals surface area contributed by atoms with E-state index >= 15 is 0 Å². The van der Waals surface area contributed by atoms with Crippen molar-refractivity contribution in [1.29, 1.82) is 0 Å². The van der Waals surface area contributed by atoms with Crippen LogP contribution in [-0.4, -0.2) is 22.1 Å². The number of hydrogen-bond donors (Lipinski definition) is 1. The molecule has 0 bridgehead atoms. The first-order valence-electron chi connectivity index (χ1n) is 6.45. The van der Waals surface area contributed by atoms with Crippen molar-refractivity contribution in [2.24, 2.45) is 5.73 Å². The van der Waals surface area contributed by atoms with E-state index in [1.807, 2.05) is 49.4 Å². The SMILES string of the molecule is COc1cccc(-n2nnc3ccccc32)c1C(C)N. The van der Waals surface area contributed by atoms with Crippen LogP contribution in [0.5, 0.6) is 5.75 Å². The van der Waals surface area contributed by atoms with Crippen LogP contribution in [0.3, 0.4) is 0 Å². The Kier molecular flexibility index (Phi) is 3.12. The molecule has 0 amide bonds. The molecule has 0 aliphatic carbocycles. The molecule has 0 saturated carbocycles. The van der Waals surface area contributed by atoms with Crippen molar-refractivity contribution in [3.63, 3.8) is 0 Å². The fraction of sp³-hybridized carbons (Fsp3) is 0.200. The number of rotatable bonds is 3. The Morgan fingerprint density at radius 3 is 2.70 bits per heavy atom. The average molecular weight is 268 g/mol. The Hall–Kier alpha value is -2.40. The van der Waals surface area contributed by atoms with Gasteiger partial charge in [0.1, 0.15) is 11.3 Å². The monoisotopic (exact) mass is 268 g/mol. The van der Waals surface area contributed by atoms with Gasteiger partial charge in [-0.2, -0.15) is 0 Å². The number of ether oxygens (including phenoxy) is 1. The first kappa shape index (κ1) is 12.6. The van der Waals surface area contributed by atoms with Crippen molar-refractivity contribution in [2.45, 2.75) is 13.0 Å². The number of para-hydroxylation sites is 1. The number of fused-ring (bicyclic) bond motifs is 1. The first-order chi connectivity index (χ1) is 9.72. The van der Waals surface area contributed by atoms with Crippen LogP contribution >= 0.6 is 0 Å².